The molecule has 0 spiro atoms. The van der Waals surface area contributed by atoms with Crippen molar-refractivity contribution in [1.29, 1.82) is 5.26 Å². The Labute approximate surface area is 183 Å². The van der Waals surface area contributed by atoms with Crippen molar-refractivity contribution in [3.8, 4) is 17.3 Å². The third-order valence-electron chi connectivity index (χ3n) is 3.97. The van der Waals surface area contributed by atoms with Crippen molar-refractivity contribution in [3.63, 3.8) is 0 Å². The maximum absolute atomic E-state index is 13.1. The summed E-state index contributed by atoms with van der Waals surface area (Å²) in [6, 6.07) is 12.7. The van der Waals surface area contributed by atoms with Crippen molar-refractivity contribution in [3.05, 3.63) is 75.0 Å². The number of rotatable bonds is 5. The first-order valence-electron chi connectivity index (χ1n) is 8.58. The lowest BCUT2D eigenvalue weighted by Crippen LogP contribution is -2.19. The number of aromatic nitrogens is 2. The van der Waals surface area contributed by atoms with Gasteiger partial charge in [-0.05, 0) is 24.3 Å². The number of alkyl halides is 3. The third kappa shape index (κ3) is 5.45. The Morgan fingerprint density at radius 2 is 1.87 bits per heavy atom. The molecule has 0 unspecified atom stereocenters. The van der Waals surface area contributed by atoms with Gasteiger partial charge in [0.15, 0.2) is 5.16 Å². The zero-order chi connectivity index (χ0) is 22.6. The highest BCUT2D eigenvalue weighted by molar-refractivity contribution is 7.99. The fraction of sp³-hybridized carbons (Fsp3) is 0.100. The molecule has 1 aromatic heterocycles. The van der Waals surface area contributed by atoms with E-state index in [1.807, 2.05) is 0 Å². The molecule has 1 heterocycles. The first-order chi connectivity index (χ1) is 14.7. The van der Waals surface area contributed by atoms with E-state index in [1.165, 1.54) is 12.1 Å². The fourth-order valence-electron chi connectivity index (χ4n) is 2.60. The van der Waals surface area contributed by atoms with Crippen molar-refractivity contribution < 1.29 is 18.0 Å². The number of H-pyrrole nitrogens is 1. The van der Waals surface area contributed by atoms with Gasteiger partial charge >= 0.3 is 6.18 Å². The summed E-state index contributed by atoms with van der Waals surface area (Å²) < 4.78 is 39.2. The minimum Gasteiger partial charge on any atom is -0.325 e. The van der Waals surface area contributed by atoms with Crippen LogP contribution in [-0.2, 0) is 11.0 Å². The number of para-hydroxylation sites is 1. The molecule has 0 radical (unpaired) electrons. The van der Waals surface area contributed by atoms with Crippen LogP contribution in [0.2, 0.25) is 5.02 Å². The van der Waals surface area contributed by atoms with Gasteiger partial charge in [0, 0.05) is 10.6 Å². The van der Waals surface area contributed by atoms with E-state index in [2.05, 4.69) is 15.3 Å². The molecule has 158 valence electrons. The number of carbonyl (C=O) groups excluding carboxylic acids is 1. The van der Waals surface area contributed by atoms with Crippen LogP contribution >= 0.6 is 23.4 Å². The molecule has 0 aliphatic heterocycles. The number of hydrogen-bond donors (Lipinski definition) is 2. The standard InChI is InChI=1S/C20H12ClF3N4O2S/c21-12-7-5-11(6-8-12)17-13(9-25)18(30)28-19(27-17)31-10-16(29)26-15-4-2-1-3-14(15)20(22,23)24/h1-8H,10H2,(H,26,29)(H,27,28,30). The molecule has 3 aromatic rings. The average Bonchev–Trinajstić information content (AvgIpc) is 2.72. The first kappa shape index (κ1) is 22.4. The van der Waals surface area contributed by atoms with Crippen LogP contribution in [0, 0.1) is 11.3 Å². The Bertz CT molecular complexity index is 1220. The number of nitriles is 1. The Morgan fingerprint density at radius 3 is 2.52 bits per heavy atom. The lowest BCUT2D eigenvalue weighted by Gasteiger charge is -2.13. The Hall–Kier alpha value is -3.29. The summed E-state index contributed by atoms with van der Waals surface area (Å²) in [6.07, 6.45) is -4.62. The van der Waals surface area contributed by atoms with E-state index in [0.717, 1.165) is 23.9 Å². The summed E-state index contributed by atoms with van der Waals surface area (Å²) in [4.78, 5) is 31.0. The molecule has 0 saturated heterocycles. The van der Waals surface area contributed by atoms with Crippen LogP contribution in [0.1, 0.15) is 11.1 Å². The largest absolute Gasteiger partial charge is 0.418 e. The van der Waals surface area contributed by atoms with Crippen LogP contribution in [0.4, 0.5) is 18.9 Å². The molecular formula is C20H12ClF3N4O2S. The molecule has 0 fully saturated rings. The average molecular weight is 465 g/mol. The second-order valence-electron chi connectivity index (χ2n) is 6.09. The van der Waals surface area contributed by atoms with Crippen molar-refractivity contribution >= 4 is 35.0 Å². The highest BCUT2D eigenvalue weighted by Gasteiger charge is 2.33. The van der Waals surface area contributed by atoms with Gasteiger partial charge in [0.25, 0.3) is 5.56 Å². The van der Waals surface area contributed by atoms with Gasteiger partial charge in [-0.1, -0.05) is 47.6 Å². The van der Waals surface area contributed by atoms with Crippen LogP contribution < -0.4 is 10.9 Å². The van der Waals surface area contributed by atoms with Crippen molar-refractivity contribution in [1.82, 2.24) is 9.97 Å². The fourth-order valence-corrected chi connectivity index (χ4v) is 3.39. The van der Waals surface area contributed by atoms with Crippen LogP contribution in [0.3, 0.4) is 0 Å². The highest BCUT2D eigenvalue weighted by atomic mass is 35.5. The molecule has 31 heavy (non-hydrogen) atoms. The number of amides is 1. The van der Waals surface area contributed by atoms with E-state index in [0.29, 0.717) is 10.6 Å². The SMILES string of the molecule is N#Cc1c(-c2ccc(Cl)cc2)nc(SCC(=O)Nc2ccccc2C(F)(F)F)[nH]c1=O. The monoisotopic (exact) mass is 464 g/mol. The highest BCUT2D eigenvalue weighted by Crippen LogP contribution is 2.34. The molecule has 3 rings (SSSR count). The van der Waals surface area contributed by atoms with Crippen molar-refractivity contribution in [2.75, 3.05) is 11.1 Å². The minimum atomic E-state index is -4.62. The summed E-state index contributed by atoms with van der Waals surface area (Å²) in [5.74, 6) is -1.04. The molecule has 2 N–H and O–H groups in total. The second kappa shape index (κ2) is 9.24. The molecule has 1 amide bonds. The maximum atomic E-state index is 13.1. The number of nitrogens with zero attached hydrogens (tertiary/aromatic N) is 2. The molecule has 11 heteroatoms. The van der Waals surface area contributed by atoms with Gasteiger partial charge in [-0.25, -0.2) is 4.98 Å². The topological polar surface area (TPSA) is 98.6 Å². The third-order valence-corrected chi connectivity index (χ3v) is 5.10. The maximum Gasteiger partial charge on any atom is 0.418 e. The molecule has 6 nitrogen and oxygen atoms in total. The van der Waals surface area contributed by atoms with Crippen molar-refractivity contribution in [2.24, 2.45) is 0 Å². The van der Waals surface area contributed by atoms with Gasteiger partial charge in [-0.2, -0.15) is 18.4 Å². The predicted molar refractivity (Wildman–Crippen MR) is 111 cm³/mol. The lowest BCUT2D eigenvalue weighted by molar-refractivity contribution is -0.137. The van der Waals surface area contributed by atoms with Gasteiger partial charge in [0.1, 0.15) is 11.6 Å². The quantitative estimate of drug-likeness (QED) is 0.421. The summed E-state index contributed by atoms with van der Waals surface area (Å²) in [7, 11) is 0. The van der Waals surface area contributed by atoms with E-state index in [4.69, 9.17) is 11.6 Å². The van der Waals surface area contributed by atoms with E-state index < -0.39 is 23.2 Å². The van der Waals surface area contributed by atoms with Crippen molar-refractivity contribution in [2.45, 2.75) is 11.3 Å². The van der Waals surface area contributed by atoms with Crippen LogP contribution in [0.5, 0.6) is 0 Å². The van der Waals surface area contributed by atoms with Gasteiger partial charge in [-0.3, -0.25) is 9.59 Å². The zero-order valence-electron chi connectivity index (χ0n) is 15.5. The molecule has 2 aromatic carbocycles. The number of aromatic amines is 1. The number of thioether (sulfide) groups is 1. The van der Waals surface area contributed by atoms with Gasteiger partial charge < -0.3 is 10.3 Å². The van der Waals surface area contributed by atoms with Gasteiger partial charge in [0.2, 0.25) is 5.91 Å². The summed E-state index contributed by atoms with van der Waals surface area (Å²) in [6.45, 7) is 0. The van der Waals surface area contributed by atoms with Gasteiger partial charge in [-0.15, -0.1) is 0 Å². The Morgan fingerprint density at radius 1 is 1.19 bits per heavy atom. The van der Waals surface area contributed by atoms with Gasteiger partial charge in [0.05, 0.1) is 22.7 Å². The number of hydrogen-bond acceptors (Lipinski definition) is 5. The molecule has 0 aliphatic rings. The molecule has 0 bridgehead atoms. The number of benzene rings is 2. The predicted octanol–water partition coefficient (Wildman–Crippen LogP) is 4.71. The molecule has 0 saturated carbocycles. The Balaban J connectivity index is 1.80. The smallest absolute Gasteiger partial charge is 0.325 e. The van der Waals surface area contributed by atoms with Crippen LogP contribution in [-0.4, -0.2) is 21.6 Å². The summed E-state index contributed by atoms with van der Waals surface area (Å²) >= 11 is 6.66. The number of anilines is 1. The second-order valence-corrected chi connectivity index (χ2v) is 7.49. The number of carbonyl (C=O) groups is 1. The van der Waals surface area contributed by atoms with Crippen LogP contribution in [0.25, 0.3) is 11.3 Å². The Kier molecular flexibility index (Phi) is 6.68. The van der Waals surface area contributed by atoms with E-state index >= 15 is 0 Å². The minimum absolute atomic E-state index is 0.0354. The number of nitrogens with one attached hydrogen (secondary N) is 2. The molecule has 0 aliphatic carbocycles. The number of halogens is 4. The molecule has 0 atom stereocenters. The molecular weight excluding hydrogens is 453 g/mol. The van der Waals surface area contributed by atoms with Crippen LogP contribution in [0.15, 0.2) is 58.5 Å². The van der Waals surface area contributed by atoms with E-state index in [9.17, 15) is 28.0 Å². The summed E-state index contributed by atoms with van der Waals surface area (Å²) in [5, 5.41) is 12.0. The lowest BCUT2D eigenvalue weighted by atomic mass is 10.1. The summed E-state index contributed by atoms with van der Waals surface area (Å²) in [5.41, 5.74) is -1.68. The normalized spacial score (nSPS) is 11.1. The zero-order valence-corrected chi connectivity index (χ0v) is 17.0. The van der Waals surface area contributed by atoms with E-state index in [-0.39, 0.29) is 27.9 Å². The first-order valence-corrected chi connectivity index (χ1v) is 9.94. The van der Waals surface area contributed by atoms with E-state index in [1.54, 1.807) is 30.3 Å².